The zero-order valence-corrected chi connectivity index (χ0v) is 23.9. The molecule has 0 spiro atoms. The molecule has 1 aromatic carbocycles. The molecule has 1 aliphatic rings. The Morgan fingerprint density at radius 1 is 1.17 bits per heavy atom. The third kappa shape index (κ3) is 5.83. The van der Waals surface area contributed by atoms with Gasteiger partial charge in [0, 0.05) is 58.5 Å². The number of rotatable bonds is 9. The Balaban J connectivity index is 1.42. The normalized spacial score (nSPS) is 18.7. The number of imidazole rings is 1. The number of methoxy groups -OCH3 is 1. The van der Waals surface area contributed by atoms with E-state index in [-0.39, 0.29) is 47.5 Å². The van der Waals surface area contributed by atoms with E-state index in [4.69, 9.17) is 15.2 Å². The molecule has 4 aromatic rings. The van der Waals surface area contributed by atoms with Crippen molar-refractivity contribution in [2.45, 2.75) is 25.9 Å². The molecule has 0 bridgehead atoms. The summed E-state index contributed by atoms with van der Waals surface area (Å²) in [5.74, 6) is -1.12. The van der Waals surface area contributed by atoms with Crippen LogP contribution in [0.5, 0.6) is 5.75 Å². The Hall–Kier alpha value is -4.36. The number of nitrogens with two attached hydrogens (primary N) is 1. The van der Waals surface area contributed by atoms with Crippen LogP contribution in [0.4, 0.5) is 26.1 Å². The van der Waals surface area contributed by atoms with Gasteiger partial charge in [-0.2, -0.15) is 9.61 Å². The molecule has 11 nitrogen and oxygen atoms in total. The van der Waals surface area contributed by atoms with Crippen LogP contribution in [0.15, 0.2) is 48.9 Å². The number of anilines is 3. The maximum atomic E-state index is 15.0. The van der Waals surface area contributed by atoms with Gasteiger partial charge in [0.1, 0.15) is 24.0 Å². The van der Waals surface area contributed by atoms with Crippen LogP contribution in [0.3, 0.4) is 0 Å². The van der Waals surface area contributed by atoms with E-state index in [9.17, 15) is 4.79 Å². The number of carbonyl (C=O) groups is 1. The minimum absolute atomic E-state index is 0.0221. The first-order valence-corrected chi connectivity index (χ1v) is 13.6. The van der Waals surface area contributed by atoms with Crippen molar-refractivity contribution in [1.29, 1.82) is 0 Å². The molecule has 5 rings (SSSR count). The summed E-state index contributed by atoms with van der Waals surface area (Å²) in [7, 11) is 3.30. The minimum atomic E-state index is -0.803. The van der Waals surface area contributed by atoms with Crippen molar-refractivity contribution >= 4 is 28.7 Å². The van der Waals surface area contributed by atoms with Gasteiger partial charge in [-0.25, -0.2) is 13.8 Å². The van der Waals surface area contributed by atoms with Crippen molar-refractivity contribution in [2.24, 2.45) is 11.7 Å². The largest absolute Gasteiger partial charge is 0.491 e. The molecule has 222 valence electrons. The van der Waals surface area contributed by atoms with Gasteiger partial charge in [0.2, 0.25) is 11.9 Å². The van der Waals surface area contributed by atoms with Crippen LogP contribution in [-0.4, -0.2) is 82.9 Å². The number of amides is 1. The lowest BCUT2D eigenvalue weighted by molar-refractivity contribution is -0.131. The standard InChI is InChI=1S/C29H34F2N8O3/c1-17-15-38(16-23(32)28(17)37(3)18(2)40)26-7-8-33-14-25(26)35-29-34-13-19-5-6-24(36-39(19)29)27-21(30)11-20(12-22(27)31)42-10-9-41-4/h5-8,11-14,17,23,28H,9-10,15-16,32H2,1-4H3,(H,34,35). The van der Waals surface area contributed by atoms with Crippen molar-refractivity contribution < 1.29 is 23.0 Å². The fourth-order valence-electron chi connectivity index (χ4n) is 5.49. The van der Waals surface area contributed by atoms with Crippen LogP contribution in [0.25, 0.3) is 16.8 Å². The summed E-state index contributed by atoms with van der Waals surface area (Å²) in [5.41, 5.74) is 8.50. The number of hydrogen-bond acceptors (Lipinski definition) is 9. The monoisotopic (exact) mass is 580 g/mol. The summed E-state index contributed by atoms with van der Waals surface area (Å²) in [6.45, 7) is 5.27. The van der Waals surface area contributed by atoms with Gasteiger partial charge >= 0.3 is 0 Å². The first kappa shape index (κ1) is 29.1. The maximum absolute atomic E-state index is 15.0. The smallest absolute Gasteiger partial charge is 0.229 e. The van der Waals surface area contributed by atoms with Crippen molar-refractivity contribution in [3.63, 3.8) is 0 Å². The van der Waals surface area contributed by atoms with E-state index in [1.165, 1.54) is 17.7 Å². The molecular weight excluding hydrogens is 546 g/mol. The molecule has 3 atom stereocenters. The number of piperidine rings is 1. The average molecular weight is 581 g/mol. The predicted octanol–water partition coefficient (Wildman–Crippen LogP) is 3.47. The van der Waals surface area contributed by atoms with Crippen LogP contribution >= 0.6 is 0 Å². The molecule has 0 aliphatic carbocycles. The van der Waals surface area contributed by atoms with Crippen molar-refractivity contribution in [1.82, 2.24) is 24.5 Å². The number of halogens is 2. The maximum Gasteiger partial charge on any atom is 0.229 e. The number of nitrogens with one attached hydrogen (secondary N) is 1. The highest BCUT2D eigenvalue weighted by Crippen LogP contribution is 2.33. The fraction of sp³-hybridized carbons (Fsp3) is 0.379. The van der Waals surface area contributed by atoms with Gasteiger partial charge in [-0.05, 0) is 24.1 Å². The van der Waals surface area contributed by atoms with Gasteiger partial charge < -0.3 is 30.3 Å². The SMILES string of the molecule is COCCOc1cc(F)c(-c2ccc3cnc(Nc4cnccc4N4CC(C)C(N(C)C(C)=O)C(N)C4)n3n2)c(F)c1. The molecule has 1 aliphatic heterocycles. The summed E-state index contributed by atoms with van der Waals surface area (Å²) in [5, 5.41) is 7.78. The van der Waals surface area contributed by atoms with E-state index in [0.717, 1.165) is 17.8 Å². The van der Waals surface area contributed by atoms with E-state index < -0.39 is 11.6 Å². The third-order valence-electron chi connectivity index (χ3n) is 7.50. The highest BCUT2D eigenvalue weighted by Gasteiger charge is 2.36. The molecule has 4 heterocycles. The zero-order chi connectivity index (χ0) is 30.0. The molecule has 13 heteroatoms. The quantitative estimate of drug-likeness (QED) is 0.287. The van der Waals surface area contributed by atoms with Crippen LogP contribution in [0, 0.1) is 17.6 Å². The number of aromatic nitrogens is 4. The Labute approximate surface area is 242 Å². The fourth-order valence-corrected chi connectivity index (χ4v) is 5.49. The van der Waals surface area contributed by atoms with E-state index in [1.807, 2.05) is 6.07 Å². The second kappa shape index (κ2) is 12.2. The van der Waals surface area contributed by atoms with Crippen LogP contribution in [0.2, 0.25) is 0 Å². The molecule has 3 aromatic heterocycles. The number of ether oxygens (including phenoxy) is 2. The molecule has 0 saturated carbocycles. The second-order valence-corrected chi connectivity index (χ2v) is 10.4. The lowest BCUT2D eigenvalue weighted by Crippen LogP contribution is -2.62. The Morgan fingerprint density at radius 3 is 2.62 bits per heavy atom. The number of fused-ring (bicyclic) bond motifs is 1. The minimum Gasteiger partial charge on any atom is -0.491 e. The first-order valence-electron chi connectivity index (χ1n) is 13.6. The number of pyridine rings is 1. The molecule has 1 fully saturated rings. The lowest BCUT2D eigenvalue weighted by Gasteiger charge is -2.46. The van der Waals surface area contributed by atoms with Crippen molar-refractivity contribution in [2.75, 3.05) is 50.7 Å². The van der Waals surface area contributed by atoms with Crippen LogP contribution in [0.1, 0.15) is 13.8 Å². The van der Waals surface area contributed by atoms with Gasteiger partial charge in [-0.3, -0.25) is 9.78 Å². The van der Waals surface area contributed by atoms with E-state index >= 15 is 8.78 Å². The predicted molar refractivity (Wildman–Crippen MR) is 155 cm³/mol. The molecule has 0 radical (unpaired) electrons. The summed E-state index contributed by atoms with van der Waals surface area (Å²) in [6.07, 6.45) is 4.97. The Morgan fingerprint density at radius 2 is 1.93 bits per heavy atom. The number of likely N-dealkylation sites (N-methyl/N-ethyl adjacent to an activating group) is 1. The molecule has 1 amide bonds. The Kier molecular flexibility index (Phi) is 8.50. The highest BCUT2D eigenvalue weighted by atomic mass is 19.1. The van der Waals surface area contributed by atoms with Gasteiger partial charge in [0.15, 0.2) is 0 Å². The molecule has 3 N–H and O–H groups in total. The third-order valence-corrected chi connectivity index (χ3v) is 7.50. The molecule has 1 saturated heterocycles. The average Bonchev–Trinajstić information content (AvgIpc) is 3.34. The van der Waals surface area contributed by atoms with Crippen molar-refractivity contribution in [3.8, 4) is 17.0 Å². The topological polar surface area (TPSA) is 123 Å². The van der Waals surface area contributed by atoms with Crippen LogP contribution in [-0.2, 0) is 9.53 Å². The number of nitrogens with zero attached hydrogens (tertiary/aromatic N) is 6. The number of hydrogen-bond donors (Lipinski definition) is 2. The van der Waals surface area contributed by atoms with Gasteiger partial charge in [0.25, 0.3) is 0 Å². The highest BCUT2D eigenvalue weighted by molar-refractivity contribution is 5.75. The number of benzene rings is 1. The zero-order valence-electron chi connectivity index (χ0n) is 23.9. The number of carbonyl (C=O) groups excluding carboxylic acids is 1. The van der Waals surface area contributed by atoms with Gasteiger partial charge in [0.05, 0.1) is 53.2 Å². The van der Waals surface area contributed by atoms with Gasteiger partial charge in [-0.1, -0.05) is 6.92 Å². The van der Waals surface area contributed by atoms with Crippen molar-refractivity contribution in [3.05, 3.63) is 60.6 Å². The molecular formula is C29H34F2N8O3. The van der Waals surface area contributed by atoms with Gasteiger partial charge in [-0.15, -0.1) is 0 Å². The molecule has 3 unspecified atom stereocenters. The molecule has 42 heavy (non-hydrogen) atoms. The van der Waals surface area contributed by atoms with E-state index in [0.29, 0.717) is 36.8 Å². The first-order chi connectivity index (χ1) is 20.2. The Bertz CT molecular complexity index is 1550. The van der Waals surface area contributed by atoms with E-state index in [1.54, 1.807) is 43.5 Å². The van der Waals surface area contributed by atoms with Crippen LogP contribution < -0.4 is 20.7 Å². The summed E-state index contributed by atoms with van der Waals surface area (Å²) in [6, 6.07) is 7.00. The second-order valence-electron chi connectivity index (χ2n) is 10.4. The summed E-state index contributed by atoms with van der Waals surface area (Å²) >= 11 is 0. The lowest BCUT2D eigenvalue weighted by atomic mass is 9.88. The summed E-state index contributed by atoms with van der Waals surface area (Å²) < 4.78 is 41.8. The van der Waals surface area contributed by atoms with E-state index in [2.05, 4.69) is 32.2 Å². The summed E-state index contributed by atoms with van der Waals surface area (Å²) in [4.78, 5) is 24.6.